The standard InChI is InChI=1S/C27H20FN7O/c28-20-7-2-4-9-22(20)32-27(36)30-16-17-11-13-18(14-12-17)25-33-34-26-19-6-1-3-8-21(19)31-24-23(35(25)26)10-5-15-29-24/h1-15H,16H2,(H,29,31)(H2,30,32,36). The normalized spacial score (nSPS) is 11.4. The second kappa shape index (κ2) is 8.95. The predicted octanol–water partition coefficient (Wildman–Crippen LogP) is 5.51. The van der Waals surface area contributed by atoms with Crippen molar-refractivity contribution >= 4 is 23.2 Å². The van der Waals surface area contributed by atoms with Gasteiger partial charge < -0.3 is 16.0 Å². The summed E-state index contributed by atoms with van der Waals surface area (Å²) < 4.78 is 15.7. The summed E-state index contributed by atoms with van der Waals surface area (Å²) in [6.45, 7) is 0.280. The SMILES string of the molecule is O=C(NCc1ccc(-c2nnc3n2-c2cccnc2Nc2ccccc2-3)cc1)Nc1ccccc1F. The van der Waals surface area contributed by atoms with Crippen molar-refractivity contribution in [1.82, 2.24) is 25.1 Å². The maximum atomic E-state index is 13.7. The average molecular weight is 478 g/mol. The van der Waals surface area contributed by atoms with Crippen LogP contribution in [-0.4, -0.2) is 25.8 Å². The Morgan fingerprint density at radius 2 is 1.67 bits per heavy atom. The Balaban J connectivity index is 1.26. The van der Waals surface area contributed by atoms with E-state index in [-0.39, 0.29) is 12.2 Å². The fourth-order valence-corrected chi connectivity index (χ4v) is 4.15. The molecular formula is C27H20FN7O. The molecule has 2 aromatic heterocycles. The molecule has 36 heavy (non-hydrogen) atoms. The number of urea groups is 1. The second-order valence-corrected chi connectivity index (χ2v) is 8.21. The summed E-state index contributed by atoms with van der Waals surface area (Å²) in [6, 6.07) is 25.0. The van der Waals surface area contributed by atoms with Crippen LogP contribution < -0.4 is 16.0 Å². The number of aromatic nitrogens is 4. The average Bonchev–Trinajstić information content (AvgIpc) is 3.29. The van der Waals surface area contributed by atoms with Gasteiger partial charge in [-0.1, -0.05) is 48.5 Å². The molecule has 3 aromatic carbocycles. The molecule has 0 aliphatic carbocycles. The van der Waals surface area contributed by atoms with Crippen LogP contribution in [0.4, 0.5) is 26.4 Å². The highest BCUT2D eigenvalue weighted by atomic mass is 19.1. The van der Waals surface area contributed by atoms with Gasteiger partial charge in [0, 0.05) is 23.9 Å². The largest absolute Gasteiger partial charge is 0.338 e. The molecule has 0 radical (unpaired) electrons. The van der Waals surface area contributed by atoms with E-state index < -0.39 is 11.8 Å². The second-order valence-electron chi connectivity index (χ2n) is 8.21. The fourth-order valence-electron chi connectivity index (χ4n) is 4.15. The summed E-state index contributed by atoms with van der Waals surface area (Å²) in [6.07, 6.45) is 1.74. The minimum atomic E-state index is -0.487. The number of carbonyl (C=O) groups excluding carboxylic acids is 1. The van der Waals surface area contributed by atoms with Crippen LogP contribution in [0.15, 0.2) is 91.1 Å². The van der Waals surface area contributed by atoms with Crippen molar-refractivity contribution in [3.05, 3.63) is 103 Å². The van der Waals surface area contributed by atoms with Gasteiger partial charge in [-0.25, -0.2) is 14.2 Å². The third kappa shape index (κ3) is 3.92. The number of amides is 2. The molecule has 0 bridgehead atoms. The van der Waals surface area contributed by atoms with Crippen molar-refractivity contribution in [2.24, 2.45) is 0 Å². The monoisotopic (exact) mass is 477 g/mol. The molecule has 0 spiro atoms. The number of hydrogen-bond acceptors (Lipinski definition) is 5. The number of anilines is 3. The van der Waals surface area contributed by atoms with Gasteiger partial charge in [0.1, 0.15) is 5.82 Å². The Morgan fingerprint density at radius 1 is 0.889 bits per heavy atom. The lowest BCUT2D eigenvalue weighted by Gasteiger charge is -2.11. The van der Waals surface area contributed by atoms with E-state index in [1.807, 2.05) is 65.2 Å². The van der Waals surface area contributed by atoms with Crippen LogP contribution in [0.3, 0.4) is 0 Å². The van der Waals surface area contributed by atoms with Crippen molar-refractivity contribution < 1.29 is 9.18 Å². The van der Waals surface area contributed by atoms with Gasteiger partial charge in [0.2, 0.25) is 0 Å². The molecule has 5 aromatic rings. The molecule has 2 amide bonds. The van der Waals surface area contributed by atoms with E-state index in [1.165, 1.54) is 12.1 Å². The highest BCUT2D eigenvalue weighted by Crippen LogP contribution is 2.38. The van der Waals surface area contributed by atoms with Crippen molar-refractivity contribution in [3.8, 4) is 28.5 Å². The predicted molar refractivity (Wildman–Crippen MR) is 136 cm³/mol. The zero-order chi connectivity index (χ0) is 24.5. The molecule has 1 aliphatic rings. The highest BCUT2D eigenvalue weighted by Gasteiger charge is 2.24. The number of nitrogens with zero attached hydrogens (tertiary/aromatic N) is 4. The molecule has 0 atom stereocenters. The molecule has 0 unspecified atom stereocenters. The first-order valence-electron chi connectivity index (χ1n) is 11.3. The van der Waals surface area contributed by atoms with Crippen LogP contribution in [0.2, 0.25) is 0 Å². The summed E-state index contributed by atoms with van der Waals surface area (Å²) in [7, 11) is 0. The van der Waals surface area contributed by atoms with E-state index in [9.17, 15) is 9.18 Å². The van der Waals surface area contributed by atoms with Crippen LogP contribution in [0.25, 0.3) is 28.5 Å². The van der Waals surface area contributed by atoms with E-state index in [1.54, 1.807) is 18.3 Å². The lowest BCUT2D eigenvalue weighted by molar-refractivity contribution is 0.251. The number of benzene rings is 3. The Kier molecular flexibility index (Phi) is 5.34. The van der Waals surface area contributed by atoms with Gasteiger partial charge >= 0.3 is 6.03 Å². The van der Waals surface area contributed by atoms with Gasteiger partial charge in [-0.05, 0) is 42.0 Å². The highest BCUT2D eigenvalue weighted by molar-refractivity contribution is 5.89. The third-order valence-corrected chi connectivity index (χ3v) is 5.90. The smallest absolute Gasteiger partial charge is 0.319 e. The summed E-state index contributed by atoms with van der Waals surface area (Å²) in [5.74, 6) is 1.62. The van der Waals surface area contributed by atoms with Gasteiger partial charge in [0.15, 0.2) is 17.5 Å². The third-order valence-electron chi connectivity index (χ3n) is 5.90. The van der Waals surface area contributed by atoms with Crippen LogP contribution in [-0.2, 0) is 6.54 Å². The van der Waals surface area contributed by atoms with Gasteiger partial charge in [0.25, 0.3) is 0 Å². The van der Waals surface area contributed by atoms with Gasteiger partial charge in [0.05, 0.1) is 17.1 Å². The maximum absolute atomic E-state index is 13.7. The van der Waals surface area contributed by atoms with E-state index in [0.717, 1.165) is 33.9 Å². The van der Waals surface area contributed by atoms with E-state index >= 15 is 0 Å². The summed E-state index contributed by atoms with van der Waals surface area (Å²) >= 11 is 0. The Labute approximate surface area is 205 Å². The molecule has 9 heteroatoms. The molecule has 1 aliphatic heterocycles. The molecule has 0 saturated heterocycles. The first kappa shape index (κ1) is 21.5. The first-order chi connectivity index (χ1) is 17.7. The Bertz CT molecular complexity index is 1580. The lowest BCUT2D eigenvalue weighted by atomic mass is 10.1. The molecule has 3 N–H and O–H groups in total. The Hall–Kier alpha value is -5.05. The molecule has 6 rings (SSSR count). The zero-order valence-corrected chi connectivity index (χ0v) is 18.9. The number of hydrogen-bond donors (Lipinski definition) is 3. The maximum Gasteiger partial charge on any atom is 0.319 e. The number of fused-ring (bicyclic) bond motifs is 5. The minimum absolute atomic E-state index is 0.128. The molecule has 8 nitrogen and oxygen atoms in total. The summed E-state index contributed by atoms with van der Waals surface area (Å²) in [4.78, 5) is 16.7. The van der Waals surface area contributed by atoms with Gasteiger partial charge in [-0.2, -0.15) is 0 Å². The molecule has 0 fully saturated rings. The number of carbonyl (C=O) groups is 1. The quantitative estimate of drug-likeness (QED) is 0.311. The minimum Gasteiger partial charge on any atom is -0.338 e. The Morgan fingerprint density at radius 3 is 2.53 bits per heavy atom. The molecular weight excluding hydrogens is 457 g/mol. The van der Waals surface area contributed by atoms with E-state index in [2.05, 4.69) is 31.1 Å². The molecule has 0 saturated carbocycles. The van der Waals surface area contributed by atoms with Crippen LogP contribution >= 0.6 is 0 Å². The van der Waals surface area contributed by atoms with Crippen molar-refractivity contribution in [2.75, 3.05) is 10.6 Å². The molecule has 3 heterocycles. The first-order valence-corrected chi connectivity index (χ1v) is 11.3. The van der Waals surface area contributed by atoms with Crippen LogP contribution in [0, 0.1) is 5.82 Å². The number of para-hydroxylation sites is 2. The van der Waals surface area contributed by atoms with Gasteiger partial charge in [-0.15, -0.1) is 10.2 Å². The van der Waals surface area contributed by atoms with Crippen LogP contribution in [0.1, 0.15) is 5.56 Å². The topological polar surface area (TPSA) is 96.8 Å². The van der Waals surface area contributed by atoms with Crippen molar-refractivity contribution in [3.63, 3.8) is 0 Å². The van der Waals surface area contributed by atoms with Gasteiger partial charge in [-0.3, -0.25) is 4.57 Å². The summed E-state index contributed by atoms with van der Waals surface area (Å²) in [5.41, 5.74) is 4.55. The van der Waals surface area contributed by atoms with Crippen LogP contribution in [0.5, 0.6) is 0 Å². The zero-order valence-electron chi connectivity index (χ0n) is 18.9. The van der Waals surface area contributed by atoms with Crippen molar-refractivity contribution in [2.45, 2.75) is 6.54 Å². The number of halogens is 1. The number of pyridine rings is 1. The van der Waals surface area contributed by atoms with E-state index in [4.69, 9.17) is 0 Å². The molecule has 176 valence electrons. The lowest BCUT2D eigenvalue weighted by Crippen LogP contribution is -2.28. The number of rotatable bonds is 4. The summed E-state index contributed by atoms with van der Waals surface area (Å²) in [5, 5.41) is 17.7. The number of nitrogens with one attached hydrogen (secondary N) is 3. The fraction of sp³-hybridized carbons (Fsp3) is 0.0370. The van der Waals surface area contributed by atoms with Crippen molar-refractivity contribution in [1.29, 1.82) is 0 Å². The van der Waals surface area contributed by atoms with E-state index in [0.29, 0.717) is 11.6 Å².